The summed E-state index contributed by atoms with van der Waals surface area (Å²) in [6.45, 7) is 0.583. The maximum atomic E-state index is 9.87. The van der Waals surface area contributed by atoms with Crippen LogP contribution in [0, 0.1) is 0 Å². The van der Waals surface area contributed by atoms with E-state index < -0.39 is 0 Å². The van der Waals surface area contributed by atoms with E-state index in [0.717, 1.165) is 17.0 Å². The molecular weight excluding hydrogens is 270 g/mol. The summed E-state index contributed by atoms with van der Waals surface area (Å²) in [6.07, 6.45) is 0. The molecule has 21 heavy (non-hydrogen) atoms. The molecule has 0 aliphatic carbocycles. The summed E-state index contributed by atoms with van der Waals surface area (Å²) in [7, 11) is 4.65. The molecule has 2 aromatic rings. The summed E-state index contributed by atoms with van der Waals surface area (Å²) in [5.74, 6) is 1.60. The number of nitrogens with one attached hydrogen (secondary N) is 1. The number of hydrogen-bond donors (Lipinski definition) is 2. The maximum Gasteiger partial charge on any atom is 0.200 e. The minimum absolute atomic E-state index is 0.00759. The highest BCUT2D eigenvalue weighted by Crippen LogP contribution is 2.37. The van der Waals surface area contributed by atoms with Crippen molar-refractivity contribution in [3.05, 3.63) is 42.0 Å². The SMILES string of the molecule is COc1ccc(NCc2cc(OC)c(O)c(OC)c2)cc1. The highest BCUT2D eigenvalue weighted by Gasteiger charge is 2.10. The molecule has 0 aliphatic rings. The summed E-state index contributed by atoms with van der Waals surface area (Å²) in [4.78, 5) is 0. The fraction of sp³-hybridized carbons (Fsp3) is 0.250. The van der Waals surface area contributed by atoms with Gasteiger partial charge in [0.25, 0.3) is 0 Å². The zero-order chi connectivity index (χ0) is 15.2. The molecule has 5 nitrogen and oxygen atoms in total. The molecule has 0 unspecified atom stereocenters. The topological polar surface area (TPSA) is 60.0 Å². The Kier molecular flexibility index (Phi) is 4.77. The zero-order valence-electron chi connectivity index (χ0n) is 12.3. The normalized spacial score (nSPS) is 10.0. The second kappa shape index (κ2) is 6.74. The van der Waals surface area contributed by atoms with Gasteiger partial charge in [-0.15, -0.1) is 0 Å². The molecule has 0 heterocycles. The third-order valence-electron chi connectivity index (χ3n) is 3.13. The van der Waals surface area contributed by atoms with Gasteiger partial charge >= 0.3 is 0 Å². The fourth-order valence-electron chi connectivity index (χ4n) is 1.96. The van der Waals surface area contributed by atoms with Crippen molar-refractivity contribution < 1.29 is 19.3 Å². The van der Waals surface area contributed by atoms with Crippen molar-refractivity contribution in [2.24, 2.45) is 0 Å². The van der Waals surface area contributed by atoms with Gasteiger partial charge in [-0.3, -0.25) is 0 Å². The fourth-order valence-corrected chi connectivity index (χ4v) is 1.96. The third-order valence-corrected chi connectivity index (χ3v) is 3.13. The van der Waals surface area contributed by atoms with E-state index in [4.69, 9.17) is 14.2 Å². The maximum absolute atomic E-state index is 9.87. The second-order valence-corrected chi connectivity index (χ2v) is 4.43. The Labute approximate surface area is 124 Å². The number of anilines is 1. The number of phenolic OH excluding ortho intramolecular Hbond substituents is 1. The summed E-state index contributed by atoms with van der Waals surface area (Å²) in [5, 5.41) is 13.2. The van der Waals surface area contributed by atoms with Crippen molar-refractivity contribution >= 4 is 5.69 Å². The van der Waals surface area contributed by atoms with Crippen molar-refractivity contribution in [3.63, 3.8) is 0 Å². The molecule has 0 amide bonds. The van der Waals surface area contributed by atoms with E-state index in [9.17, 15) is 5.11 Å². The van der Waals surface area contributed by atoms with Gasteiger partial charge in [0.15, 0.2) is 11.5 Å². The van der Waals surface area contributed by atoms with Gasteiger partial charge < -0.3 is 24.6 Å². The van der Waals surface area contributed by atoms with E-state index in [-0.39, 0.29) is 5.75 Å². The average Bonchev–Trinajstić information content (AvgIpc) is 2.54. The summed E-state index contributed by atoms with van der Waals surface area (Å²) in [5.41, 5.74) is 1.92. The lowest BCUT2D eigenvalue weighted by atomic mass is 10.1. The van der Waals surface area contributed by atoms with Crippen LogP contribution in [0.5, 0.6) is 23.0 Å². The predicted molar refractivity (Wildman–Crippen MR) is 81.5 cm³/mol. The van der Waals surface area contributed by atoms with Gasteiger partial charge in [-0.2, -0.15) is 0 Å². The van der Waals surface area contributed by atoms with Crippen LogP contribution in [0.1, 0.15) is 5.56 Å². The number of aromatic hydroxyl groups is 1. The van der Waals surface area contributed by atoms with Gasteiger partial charge in [0.1, 0.15) is 5.75 Å². The van der Waals surface area contributed by atoms with Crippen molar-refractivity contribution in [1.82, 2.24) is 0 Å². The van der Waals surface area contributed by atoms with Gasteiger partial charge in [-0.1, -0.05) is 0 Å². The molecule has 0 aromatic heterocycles. The molecule has 0 aliphatic heterocycles. The standard InChI is InChI=1S/C16H19NO4/c1-19-13-6-4-12(5-7-13)17-10-11-8-14(20-2)16(18)15(9-11)21-3/h4-9,17-18H,10H2,1-3H3. The van der Waals surface area contributed by atoms with Crippen molar-refractivity contribution in [2.75, 3.05) is 26.6 Å². The first-order chi connectivity index (χ1) is 10.2. The molecule has 5 heteroatoms. The van der Waals surface area contributed by atoms with Crippen LogP contribution in [0.3, 0.4) is 0 Å². The number of benzene rings is 2. The molecule has 2 aromatic carbocycles. The van der Waals surface area contributed by atoms with Crippen LogP contribution < -0.4 is 19.5 Å². The first kappa shape index (κ1) is 14.8. The molecule has 0 spiro atoms. The van der Waals surface area contributed by atoms with E-state index in [0.29, 0.717) is 18.0 Å². The van der Waals surface area contributed by atoms with Crippen LogP contribution in [0.15, 0.2) is 36.4 Å². The van der Waals surface area contributed by atoms with Crippen LogP contribution in [-0.4, -0.2) is 26.4 Å². The van der Waals surface area contributed by atoms with Crippen LogP contribution >= 0.6 is 0 Å². The van der Waals surface area contributed by atoms with E-state index in [1.54, 1.807) is 19.2 Å². The number of phenols is 1. The molecule has 0 atom stereocenters. The second-order valence-electron chi connectivity index (χ2n) is 4.43. The molecule has 112 valence electrons. The Morgan fingerprint density at radius 3 is 1.95 bits per heavy atom. The number of ether oxygens (including phenoxy) is 3. The lowest BCUT2D eigenvalue weighted by molar-refractivity contribution is 0.339. The van der Waals surface area contributed by atoms with E-state index in [2.05, 4.69) is 5.32 Å². The average molecular weight is 289 g/mol. The number of methoxy groups -OCH3 is 3. The van der Waals surface area contributed by atoms with Crippen LogP contribution in [0.4, 0.5) is 5.69 Å². The molecule has 2 rings (SSSR count). The minimum atomic E-state index is 0.00759. The van der Waals surface area contributed by atoms with Crippen molar-refractivity contribution in [2.45, 2.75) is 6.54 Å². The summed E-state index contributed by atoms with van der Waals surface area (Å²) >= 11 is 0. The smallest absolute Gasteiger partial charge is 0.200 e. The van der Waals surface area contributed by atoms with Gasteiger partial charge in [-0.05, 0) is 42.0 Å². The lowest BCUT2D eigenvalue weighted by Gasteiger charge is -2.12. The first-order valence-corrected chi connectivity index (χ1v) is 6.49. The Balaban J connectivity index is 2.11. The van der Waals surface area contributed by atoms with Gasteiger partial charge in [-0.25, -0.2) is 0 Å². The highest BCUT2D eigenvalue weighted by molar-refractivity contribution is 5.54. The molecule has 0 saturated heterocycles. The van der Waals surface area contributed by atoms with E-state index >= 15 is 0 Å². The number of rotatable bonds is 6. The third kappa shape index (κ3) is 3.51. The van der Waals surface area contributed by atoms with Crippen molar-refractivity contribution in [3.8, 4) is 23.0 Å². The highest BCUT2D eigenvalue weighted by atomic mass is 16.5. The quantitative estimate of drug-likeness (QED) is 0.856. The monoisotopic (exact) mass is 289 g/mol. The molecule has 0 radical (unpaired) electrons. The predicted octanol–water partition coefficient (Wildman–Crippen LogP) is 3.03. The Morgan fingerprint density at radius 1 is 0.905 bits per heavy atom. The first-order valence-electron chi connectivity index (χ1n) is 6.49. The van der Waals surface area contributed by atoms with Crippen LogP contribution in [-0.2, 0) is 6.54 Å². The minimum Gasteiger partial charge on any atom is -0.502 e. The molecular formula is C16H19NO4. The van der Waals surface area contributed by atoms with Gasteiger partial charge in [0.05, 0.1) is 21.3 Å². The van der Waals surface area contributed by atoms with E-state index in [1.165, 1.54) is 14.2 Å². The van der Waals surface area contributed by atoms with Gasteiger partial charge in [0.2, 0.25) is 5.75 Å². The zero-order valence-corrected chi connectivity index (χ0v) is 12.3. The number of hydrogen-bond acceptors (Lipinski definition) is 5. The summed E-state index contributed by atoms with van der Waals surface area (Å²) in [6, 6.07) is 11.2. The summed E-state index contributed by atoms with van der Waals surface area (Å²) < 4.78 is 15.4. The molecule has 0 saturated carbocycles. The largest absolute Gasteiger partial charge is 0.502 e. The molecule has 0 fully saturated rings. The van der Waals surface area contributed by atoms with E-state index in [1.807, 2.05) is 24.3 Å². The lowest BCUT2D eigenvalue weighted by Crippen LogP contribution is -2.01. The van der Waals surface area contributed by atoms with Gasteiger partial charge in [0, 0.05) is 12.2 Å². The van der Waals surface area contributed by atoms with Crippen LogP contribution in [0.2, 0.25) is 0 Å². The Hall–Kier alpha value is -2.56. The van der Waals surface area contributed by atoms with Crippen molar-refractivity contribution in [1.29, 1.82) is 0 Å². The van der Waals surface area contributed by atoms with Crippen LogP contribution in [0.25, 0.3) is 0 Å². The molecule has 2 N–H and O–H groups in total. The Morgan fingerprint density at radius 2 is 1.48 bits per heavy atom. The Bertz CT molecular complexity index is 571. The molecule has 0 bridgehead atoms.